The fourth-order valence-electron chi connectivity index (χ4n) is 4.79. The van der Waals surface area contributed by atoms with Crippen LogP contribution in [0.2, 0.25) is 0 Å². The number of amides is 1. The standard InChI is InChI=1S/C23H25N7O2/c1-23(2,19-4-3-5-21-26-15-27-30(19)21)32-14-22(31)28-12-17-7-8-18(13-28)29(17)20-9-6-16(10-24)11-25-20/h3-6,9,11,15,17-18H,7-8,12-14H2,1-2H3. The summed E-state index contributed by atoms with van der Waals surface area (Å²) < 4.78 is 7.84. The van der Waals surface area contributed by atoms with Crippen LogP contribution in [0.4, 0.5) is 5.82 Å². The monoisotopic (exact) mass is 431 g/mol. The van der Waals surface area contributed by atoms with E-state index in [1.807, 2.05) is 43.0 Å². The van der Waals surface area contributed by atoms with Crippen molar-refractivity contribution in [2.24, 2.45) is 0 Å². The number of aromatic nitrogens is 4. The lowest BCUT2D eigenvalue weighted by Crippen LogP contribution is -2.56. The second kappa shape index (κ2) is 7.88. The Balaban J connectivity index is 1.24. The van der Waals surface area contributed by atoms with Crippen molar-refractivity contribution in [2.45, 2.75) is 44.4 Å². The predicted molar refractivity (Wildman–Crippen MR) is 117 cm³/mol. The van der Waals surface area contributed by atoms with E-state index < -0.39 is 5.60 Å². The minimum atomic E-state index is -0.698. The number of hydrogen-bond acceptors (Lipinski definition) is 7. The first-order valence-electron chi connectivity index (χ1n) is 10.8. The van der Waals surface area contributed by atoms with Gasteiger partial charge in [-0.05, 0) is 51.0 Å². The van der Waals surface area contributed by atoms with Crippen LogP contribution in [-0.4, -0.2) is 62.2 Å². The van der Waals surface area contributed by atoms with Crippen molar-refractivity contribution in [1.82, 2.24) is 24.5 Å². The van der Waals surface area contributed by atoms with Gasteiger partial charge in [-0.25, -0.2) is 14.5 Å². The van der Waals surface area contributed by atoms with Crippen LogP contribution < -0.4 is 4.90 Å². The Hall–Kier alpha value is -3.51. The Labute approximate surface area is 186 Å². The van der Waals surface area contributed by atoms with Gasteiger partial charge in [0, 0.05) is 31.4 Å². The first-order valence-corrected chi connectivity index (χ1v) is 10.8. The molecule has 3 aromatic rings. The molecule has 2 unspecified atom stereocenters. The molecule has 2 fully saturated rings. The van der Waals surface area contributed by atoms with E-state index in [1.165, 1.54) is 6.33 Å². The van der Waals surface area contributed by atoms with Crippen molar-refractivity contribution in [1.29, 1.82) is 5.26 Å². The van der Waals surface area contributed by atoms with Crippen molar-refractivity contribution in [3.63, 3.8) is 0 Å². The summed E-state index contributed by atoms with van der Waals surface area (Å²) in [5.41, 5.74) is 1.44. The molecule has 2 aliphatic rings. The molecule has 1 amide bonds. The Morgan fingerprint density at radius 1 is 1.19 bits per heavy atom. The number of carbonyl (C=O) groups excluding carboxylic acids is 1. The van der Waals surface area contributed by atoms with E-state index in [1.54, 1.807) is 16.8 Å². The van der Waals surface area contributed by atoms with Crippen molar-refractivity contribution in [2.75, 3.05) is 24.6 Å². The summed E-state index contributed by atoms with van der Waals surface area (Å²) in [6, 6.07) is 12.0. The molecule has 2 bridgehead atoms. The van der Waals surface area contributed by atoms with Crippen molar-refractivity contribution >= 4 is 17.4 Å². The Morgan fingerprint density at radius 2 is 1.97 bits per heavy atom. The first kappa shape index (κ1) is 20.4. The number of rotatable bonds is 5. The molecular weight excluding hydrogens is 406 g/mol. The van der Waals surface area contributed by atoms with E-state index in [-0.39, 0.29) is 24.6 Å². The first-order chi connectivity index (χ1) is 15.5. The lowest BCUT2D eigenvalue weighted by molar-refractivity contribution is -0.143. The number of piperazine rings is 1. The van der Waals surface area contributed by atoms with Gasteiger partial charge in [0.05, 0.1) is 11.3 Å². The Kier molecular flexibility index (Phi) is 5.02. The maximum atomic E-state index is 13.0. The molecule has 5 heterocycles. The van der Waals surface area contributed by atoms with E-state index in [9.17, 15) is 4.79 Å². The van der Waals surface area contributed by atoms with Crippen LogP contribution in [0.1, 0.15) is 37.9 Å². The quantitative estimate of drug-likeness (QED) is 0.610. The number of anilines is 1. The van der Waals surface area contributed by atoms with Crippen LogP contribution in [0.5, 0.6) is 0 Å². The molecule has 5 rings (SSSR count). The van der Waals surface area contributed by atoms with Gasteiger partial charge in [-0.15, -0.1) is 0 Å². The van der Waals surface area contributed by atoms with Crippen LogP contribution in [0.3, 0.4) is 0 Å². The van der Waals surface area contributed by atoms with E-state index in [2.05, 4.69) is 26.0 Å². The highest BCUT2D eigenvalue weighted by molar-refractivity contribution is 5.78. The third-order valence-corrected chi connectivity index (χ3v) is 6.45. The number of likely N-dealkylation sites (tertiary alicyclic amines) is 1. The summed E-state index contributed by atoms with van der Waals surface area (Å²) in [6.07, 6.45) is 5.17. The van der Waals surface area contributed by atoms with Crippen LogP contribution in [-0.2, 0) is 15.1 Å². The van der Waals surface area contributed by atoms with Crippen molar-refractivity contribution < 1.29 is 9.53 Å². The second-order valence-corrected chi connectivity index (χ2v) is 8.85. The van der Waals surface area contributed by atoms with Crippen LogP contribution in [0, 0.1) is 11.3 Å². The molecule has 3 aromatic heterocycles. The average Bonchev–Trinajstić information content (AvgIpc) is 3.39. The Morgan fingerprint density at radius 3 is 2.66 bits per heavy atom. The molecule has 9 heteroatoms. The number of fused-ring (bicyclic) bond motifs is 3. The van der Waals surface area contributed by atoms with Gasteiger partial charge in [-0.2, -0.15) is 10.4 Å². The SMILES string of the molecule is CC(C)(OCC(=O)N1CC2CCC(C1)N2c1ccc(C#N)cn1)c1cccc2ncnn12. The van der Waals surface area contributed by atoms with Gasteiger partial charge < -0.3 is 14.5 Å². The Bertz CT molecular complexity index is 1170. The molecule has 2 atom stereocenters. The summed E-state index contributed by atoms with van der Waals surface area (Å²) in [7, 11) is 0. The summed E-state index contributed by atoms with van der Waals surface area (Å²) >= 11 is 0. The van der Waals surface area contributed by atoms with E-state index in [0.717, 1.165) is 30.0 Å². The molecular formula is C23H25N7O2. The minimum absolute atomic E-state index is 0.00632. The summed E-state index contributed by atoms with van der Waals surface area (Å²) in [5, 5.41) is 13.3. The lowest BCUT2D eigenvalue weighted by Gasteiger charge is -2.42. The maximum absolute atomic E-state index is 13.0. The predicted octanol–water partition coefficient (Wildman–Crippen LogP) is 2.13. The van der Waals surface area contributed by atoms with Gasteiger partial charge in [-0.1, -0.05) is 6.07 Å². The van der Waals surface area contributed by atoms with Crippen molar-refractivity contribution in [3.8, 4) is 6.07 Å². The van der Waals surface area contributed by atoms with Gasteiger partial charge in [0.2, 0.25) is 5.91 Å². The molecule has 32 heavy (non-hydrogen) atoms. The molecule has 0 N–H and O–H groups in total. The summed E-state index contributed by atoms with van der Waals surface area (Å²) in [5.74, 6) is 0.870. The van der Waals surface area contributed by atoms with Crippen LogP contribution in [0.25, 0.3) is 5.65 Å². The third kappa shape index (κ3) is 3.56. The molecule has 0 spiro atoms. The molecule has 0 saturated carbocycles. The highest BCUT2D eigenvalue weighted by Gasteiger charge is 2.42. The van der Waals surface area contributed by atoms with E-state index in [0.29, 0.717) is 18.7 Å². The molecule has 0 aliphatic carbocycles. The fourth-order valence-corrected chi connectivity index (χ4v) is 4.79. The van der Waals surface area contributed by atoms with Gasteiger partial charge in [0.15, 0.2) is 5.65 Å². The zero-order valence-corrected chi connectivity index (χ0v) is 18.2. The van der Waals surface area contributed by atoms with Gasteiger partial charge in [-0.3, -0.25) is 4.79 Å². The molecule has 2 saturated heterocycles. The zero-order chi connectivity index (χ0) is 22.3. The number of ether oxygens (including phenoxy) is 1. The van der Waals surface area contributed by atoms with Crippen LogP contribution >= 0.6 is 0 Å². The number of nitrogens with zero attached hydrogens (tertiary/aromatic N) is 7. The number of carbonyl (C=O) groups is 1. The lowest BCUT2D eigenvalue weighted by atomic mass is 10.0. The number of hydrogen-bond donors (Lipinski definition) is 0. The topological polar surface area (TPSA) is 99.7 Å². The normalized spacial score (nSPS) is 20.5. The highest BCUT2D eigenvalue weighted by atomic mass is 16.5. The molecule has 2 aliphatic heterocycles. The fraction of sp³-hybridized carbons (Fsp3) is 0.435. The van der Waals surface area contributed by atoms with Gasteiger partial charge >= 0.3 is 0 Å². The molecule has 9 nitrogen and oxygen atoms in total. The second-order valence-electron chi connectivity index (χ2n) is 8.85. The van der Waals surface area contributed by atoms with Gasteiger partial charge in [0.25, 0.3) is 0 Å². The molecule has 0 radical (unpaired) electrons. The maximum Gasteiger partial charge on any atom is 0.248 e. The van der Waals surface area contributed by atoms with Crippen LogP contribution in [0.15, 0.2) is 42.9 Å². The minimum Gasteiger partial charge on any atom is -0.359 e. The molecule has 0 aromatic carbocycles. The van der Waals surface area contributed by atoms with Crippen molar-refractivity contribution in [3.05, 3.63) is 54.1 Å². The smallest absolute Gasteiger partial charge is 0.248 e. The van der Waals surface area contributed by atoms with Gasteiger partial charge in [0.1, 0.15) is 30.4 Å². The zero-order valence-electron chi connectivity index (χ0n) is 18.2. The largest absolute Gasteiger partial charge is 0.359 e. The number of nitriles is 1. The summed E-state index contributed by atoms with van der Waals surface area (Å²) in [6.45, 7) is 5.19. The molecule has 164 valence electrons. The average molecular weight is 432 g/mol. The number of pyridine rings is 2. The van der Waals surface area contributed by atoms with E-state index in [4.69, 9.17) is 10.00 Å². The third-order valence-electron chi connectivity index (χ3n) is 6.45. The van der Waals surface area contributed by atoms with E-state index >= 15 is 0 Å². The summed E-state index contributed by atoms with van der Waals surface area (Å²) in [4.78, 5) is 25.9. The highest BCUT2D eigenvalue weighted by Crippen LogP contribution is 2.34.